The smallest absolute Gasteiger partial charge is 0.238 e. The molecule has 1 aliphatic carbocycles. The number of nitrogens with two attached hydrogens (primary N) is 2. The molecular weight excluding hydrogens is 450 g/mol. The molecule has 1 aromatic heterocycles. The van der Waals surface area contributed by atoms with Crippen molar-refractivity contribution in [1.29, 1.82) is 0 Å². The lowest BCUT2D eigenvalue weighted by Crippen LogP contribution is -2.37. The van der Waals surface area contributed by atoms with Crippen molar-refractivity contribution in [3.05, 3.63) is 72.2 Å². The Hall–Kier alpha value is -3.01. The summed E-state index contributed by atoms with van der Waals surface area (Å²) < 4.78 is 23.1. The molecule has 4 rings (SSSR count). The van der Waals surface area contributed by atoms with E-state index in [9.17, 15) is 13.2 Å². The van der Waals surface area contributed by atoms with Gasteiger partial charge >= 0.3 is 0 Å². The predicted molar refractivity (Wildman–Crippen MR) is 131 cm³/mol. The number of nitrogens with zero attached hydrogens (tertiary/aromatic N) is 1. The maximum absolute atomic E-state index is 13.1. The molecule has 6 N–H and O–H groups in total. The van der Waals surface area contributed by atoms with E-state index < -0.39 is 10.0 Å². The third kappa shape index (κ3) is 5.91. The Morgan fingerprint density at radius 1 is 1.06 bits per heavy atom. The lowest BCUT2D eigenvalue weighted by atomic mass is 9.81. The van der Waals surface area contributed by atoms with Gasteiger partial charge in [0, 0.05) is 5.92 Å². The van der Waals surface area contributed by atoms with Crippen LogP contribution in [0.4, 0.5) is 0 Å². The first-order valence-corrected chi connectivity index (χ1v) is 13.1. The molecule has 3 aromatic rings. The zero-order valence-corrected chi connectivity index (χ0v) is 19.8. The van der Waals surface area contributed by atoms with Gasteiger partial charge in [-0.05, 0) is 67.8 Å². The Kier molecular flexibility index (Phi) is 7.45. The summed E-state index contributed by atoms with van der Waals surface area (Å²) in [6.45, 7) is 0.679. The molecule has 1 fully saturated rings. The van der Waals surface area contributed by atoms with Gasteiger partial charge in [0.15, 0.2) is 0 Å². The van der Waals surface area contributed by atoms with Crippen LogP contribution in [0.5, 0.6) is 0 Å². The number of H-pyrrole nitrogens is 1. The van der Waals surface area contributed by atoms with E-state index in [4.69, 9.17) is 10.9 Å². The number of imidazole rings is 1. The highest BCUT2D eigenvalue weighted by Crippen LogP contribution is 2.29. The molecule has 1 amide bonds. The Morgan fingerprint density at radius 3 is 2.35 bits per heavy atom. The standard InChI is InChI=1S/C25H31N5O3S/c26-15-18-6-8-20(9-7-18)25(31)30-22(14-17-4-2-1-3-5-17)24-28-16-23(29-24)19-10-12-21(13-11-19)34(27,32)33/h1-5,10-13,16,18,20,22H,6-9,14-15,26H2,(H,28,29)(H,30,31)(H2,27,32,33)/t18?,20?,22-/m0/s1. The van der Waals surface area contributed by atoms with Gasteiger partial charge in [0.1, 0.15) is 5.82 Å². The van der Waals surface area contributed by atoms with Crippen molar-refractivity contribution < 1.29 is 13.2 Å². The Morgan fingerprint density at radius 2 is 1.74 bits per heavy atom. The van der Waals surface area contributed by atoms with Crippen molar-refractivity contribution in [3.63, 3.8) is 0 Å². The fraction of sp³-hybridized carbons (Fsp3) is 0.360. The number of primary sulfonamides is 1. The summed E-state index contributed by atoms with van der Waals surface area (Å²) in [5, 5.41) is 8.41. The third-order valence-corrected chi connectivity index (χ3v) is 7.50. The molecule has 8 nitrogen and oxygen atoms in total. The topological polar surface area (TPSA) is 144 Å². The Balaban J connectivity index is 1.53. The zero-order valence-electron chi connectivity index (χ0n) is 19.0. The van der Waals surface area contributed by atoms with Crippen LogP contribution in [0.15, 0.2) is 65.7 Å². The van der Waals surface area contributed by atoms with Crippen LogP contribution in [0.25, 0.3) is 11.3 Å². The van der Waals surface area contributed by atoms with E-state index in [0.29, 0.717) is 24.7 Å². The number of amides is 1. The predicted octanol–water partition coefficient (Wildman–Crippen LogP) is 2.89. The van der Waals surface area contributed by atoms with Crippen molar-refractivity contribution >= 4 is 15.9 Å². The van der Waals surface area contributed by atoms with Gasteiger partial charge in [-0.2, -0.15) is 0 Å². The number of hydrogen-bond donors (Lipinski definition) is 4. The molecule has 1 saturated carbocycles. The second-order valence-electron chi connectivity index (χ2n) is 8.96. The van der Waals surface area contributed by atoms with Crippen LogP contribution < -0.4 is 16.2 Å². The van der Waals surface area contributed by atoms with Gasteiger partial charge in [-0.25, -0.2) is 18.5 Å². The third-order valence-electron chi connectivity index (χ3n) is 6.57. The highest BCUT2D eigenvalue weighted by Gasteiger charge is 2.28. The van der Waals surface area contributed by atoms with Crippen LogP contribution >= 0.6 is 0 Å². The van der Waals surface area contributed by atoms with E-state index >= 15 is 0 Å². The minimum absolute atomic E-state index is 0.0127. The first-order chi connectivity index (χ1) is 16.3. The molecule has 0 unspecified atom stereocenters. The summed E-state index contributed by atoms with van der Waals surface area (Å²) in [4.78, 5) is 21.0. The van der Waals surface area contributed by atoms with Crippen molar-refractivity contribution in [1.82, 2.24) is 15.3 Å². The molecule has 180 valence electrons. The van der Waals surface area contributed by atoms with E-state index in [-0.39, 0.29) is 22.8 Å². The highest BCUT2D eigenvalue weighted by atomic mass is 32.2. The fourth-order valence-corrected chi connectivity index (χ4v) is 5.02. The van der Waals surface area contributed by atoms with Crippen LogP contribution in [-0.4, -0.2) is 30.8 Å². The lowest BCUT2D eigenvalue weighted by Gasteiger charge is -2.28. The number of carbonyl (C=O) groups is 1. The lowest BCUT2D eigenvalue weighted by molar-refractivity contribution is -0.127. The SMILES string of the molecule is NCC1CCC(C(=O)N[C@@H](Cc2ccccc2)c2ncc(-c3ccc(S(N)(=O)=O)cc3)[nH]2)CC1. The van der Waals surface area contributed by atoms with E-state index in [0.717, 1.165) is 42.5 Å². The maximum atomic E-state index is 13.1. The molecule has 1 heterocycles. The number of rotatable bonds is 8. The second kappa shape index (κ2) is 10.5. The van der Waals surface area contributed by atoms with Crippen LogP contribution in [0.3, 0.4) is 0 Å². The van der Waals surface area contributed by atoms with Crippen molar-refractivity contribution in [2.24, 2.45) is 22.7 Å². The Bertz CT molecular complexity index is 1200. The number of aromatic nitrogens is 2. The molecule has 2 aromatic carbocycles. The summed E-state index contributed by atoms with van der Waals surface area (Å²) in [6, 6.07) is 15.9. The summed E-state index contributed by atoms with van der Waals surface area (Å²) >= 11 is 0. The van der Waals surface area contributed by atoms with Crippen molar-refractivity contribution in [2.75, 3.05) is 6.54 Å². The first kappa shape index (κ1) is 24.1. The number of carbonyl (C=O) groups excluding carboxylic acids is 1. The molecule has 0 radical (unpaired) electrons. The van der Waals surface area contributed by atoms with Crippen molar-refractivity contribution in [2.45, 2.75) is 43.0 Å². The van der Waals surface area contributed by atoms with Gasteiger partial charge in [-0.15, -0.1) is 0 Å². The van der Waals surface area contributed by atoms with Gasteiger partial charge in [0.2, 0.25) is 15.9 Å². The van der Waals surface area contributed by atoms with Gasteiger partial charge in [0.05, 0.1) is 22.8 Å². The number of nitrogens with one attached hydrogen (secondary N) is 2. The summed E-state index contributed by atoms with van der Waals surface area (Å²) in [6.07, 6.45) is 5.96. The van der Waals surface area contributed by atoms with E-state index in [1.54, 1.807) is 18.3 Å². The maximum Gasteiger partial charge on any atom is 0.238 e. The van der Waals surface area contributed by atoms with Crippen LogP contribution in [0.1, 0.15) is 43.1 Å². The quantitative estimate of drug-likeness (QED) is 0.391. The first-order valence-electron chi connectivity index (χ1n) is 11.6. The molecular formula is C25H31N5O3S. The molecule has 0 saturated heterocycles. The molecule has 1 atom stereocenters. The van der Waals surface area contributed by atoms with E-state index in [1.165, 1.54) is 12.1 Å². The van der Waals surface area contributed by atoms with Gasteiger partial charge in [-0.1, -0.05) is 42.5 Å². The van der Waals surface area contributed by atoms with Crippen LogP contribution in [0, 0.1) is 11.8 Å². The van der Waals surface area contributed by atoms with E-state index in [2.05, 4.69) is 15.3 Å². The minimum atomic E-state index is -3.75. The number of benzene rings is 2. The van der Waals surface area contributed by atoms with E-state index in [1.807, 2.05) is 30.3 Å². The average Bonchev–Trinajstić information content (AvgIpc) is 3.34. The molecule has 9 heteroatoms. The van der Waals surface area contributed by atoms with Gasteiger partial charge in [-0.3, -0.25) is 4.79 Å². The molecule has 34 heavy (non-hydrogen) atoms. The molecule has 0 aliphatic heterocycles. The number of hydrogen-bond acceptors (Lipinski definition) is 5. The molecule has 0 bridgehead atoms. The summed E-state index contributed by atoms with van der Waals surface area (Å²) in [7, 11) is -3.75. The number of aromatic amines is 1. The fourth-order valence-electron chi connectivity index (χ4n) is 4.50. The average molecular weight is 482 g/mol. The second-order valence-corrected chi connectivity index (χ2v) is 10.5. The highest BCUT2D eigenvalue weighted by molar-refractivity contribution is 7.89. The summed E-state index contributed by atoms with van der Waals surface area (Å²) in [5.74, 6) is 1.20. The van der Waals surface area contributed by atoms with Crippen LogP contribution in [-0.2, 0) is 21.2 Å². The molecule has 1 aliphatic rings. The largest absolute Gasteiger partial charge is 0.346 e. The normalized spacial score (nSPS) is 19.5. The zero-order chi connectivity index (χ0) is 24.1. The Labute approximate surface area is 200 Å². The monoisotopic (exact) mass is 481 g/mol. The number of sulfonamides is 1. The van der Waals surface area contributed by atoms with Gasteiger partial charge in [0.25, 0.3) is 0 Å². The molecule has 0 spiro atoms. The van der Waals surface area contributed by atoms with Gasteiger partial charge < -0.3 is 16.0 Å². The summed E-state index contributed by atoms with van der Waals surface area (Å²) in [5.41, 5.74) is 8.39. The van der Waals surface area contributed by atoms with Crippen molar-refractivity contribution in [3.8, 4) is 11.3 Å². The minimum Gasteiger partial charge on any atom is -0.346 e. The van der Waals surface area contributed by atoms with Crippen LogP contribution in [0.2, 0.25) is 0 Å².